The third-order valence-corrected chi connectivity index (χ3v) is 4.24. The van der Waals surface area contributed by atoms with Crippen molar-refractivity contribution in [3.8, 4) is 0 Å². The van der Waals surface area contributed by atoms with Crippen molar-refractivity contribution >= 4 is 0 Å². The minimum atomic E-state index is 0.260. The number of hydrogen-bond donors (Lipinski definition) is 1. The number of ether oxygens (including phenoxy) is 1. The lowest BCUT2D eigenvalue weighted by molar-refractivity contribution is 0.0360. The highest BCUT2D eigenvalue weighted by molar-refractivity contribution is 4.90. The van der Waals surface area contributed by atoms with Crippen molar-refractivity contribution in [3.05, 3.63) is 0 Å². The van der Waals surface area contributed by atoms with Gasteiger partial charge in [0.15, 0.2) is 0 Å². The highest BCUT2D eigenvalue weighted by atomic mass is 16.5. The summed E-state index contributed by atoms with van der Waals surface area (Å²) in [5.41, 5.74) is 0.260. The smallest absolute Gasteiger partial charge is 0.0624 e. The zero-order valence-corrected chi connectivity index (χ0v) is 13.0. The molecule has 0 aromatic rings. The van der Waals surface area contributed by atoms with Gasteiger partial charge in [-0.05, 0) is 45.7 Å². The van der Waals surface area contributed by atoms with Gasteiger partial charge in [0.05, 0.1) is 6.61 Å². The van der Waals surface area contributed by atoms with Gasteiger partial charge in [-0.3, -0.25) is 4.90 Å². The van der Waals surface area contributed by atoms with Gasteiger partial charge in [-0.25, -0.2) is 0 Å². The van der Waals surface area contributed by atoms with Crippen LogP contribution < -0.4 is 5.32 Å². The quantitative estimate of drug-likeness (QED) is 0.790. The standard InChI is InChI=1S/C15H32N2O/c1-6-15(5)12-17(10-8-9-16-15)14(13(3)4)11-18-7-2/h13-14,16H,6-12H2,1-5H3. The summed E-state index contributed by atoms with van der Waals surface area (Å²) in [5.74, 6) is 0.649. The fraction of sp³-hybridized carbons (Fsp3) is 1.00. The van der Waals surface area contributed by atoms with Crippen LogP contribution >= 0.6 is 0 Å². The maximum absolute atomic E-state index is 5.69. The summed E-state index contributed by atoms with van der Waals surface area (Å²) in [5, 5.41) is 3.71. The lowest BCUT2D eigenvalue weighted by atomic mass is 9.96. The molecule has 1 saturated heterocycles. The Morgan fingerprint density at radius 2 is 2.06 bits per heavy atom. The molecule has 0 spiro atoms. The molecule has 0 aromatic heterocycles. The molecule has 0 aliphatic carbocycles. The lowest BCUT2D eigenvalue weighted by Gasteiger charge is -2.38. The molecule has 0 bridgehead atoms. The first-order valence-corrected chi connectivity index (χ1v) is 7.59. The second-order valence-electron chi connectivity index (χ2n) is 6.14. The Morgan fingerprint density at radius 3 is 2.61 bits per heavy atom. The number of nitrogens with one attached hydrogen (secondary N) is 1. The van der Waals surface area contributed by atoms with Crippen molar-refractivity contribution in [2.75, 3.05) is 32.8 Å². The molecule has 3 nitrogen and oxygen atoms in total. The topological polar surface area (TPSA) is 24.5 Å². The molecular formula is C15H32N2O. The van der Waals surface area contributed by atoms with Crippen LogP contribution in [0.15, 0.2) is 0 Å². The van der Waals surface area contributed by atoms with Gasteiger partial charge in [-0.15, -0.1) is 0 Å². The number of rotatable bonds is 6. The molecule has 18 heavy (non-hydrogen) atoms. The van der Waals surface area contributed by atoms with Gasteiger partial charge in [0, 0.05) is 24.7 Å². The maximum Gasteiger partial charge on any atom is 0.0624 e. The van der Waals surface area contributed by atoms with Crippen LogP contribution in [-0.4, -0.2) is 49.3 Å². The molecule has 1 aliphatic heterocycles. The van der Waals surface area contributed by atoms with Gasteiger partial charge >= 0.3 is 0 Å². The number of hydrogen-bond acceptors (Lipinski definition) is 3. The van der Waals surface area contributed by atoms with Gasteiger partial charge in [-0.2, -0.15) is 0 Å². The minimum Gasteiger partial charge on any atom is -0.380 e. The van der Waals surface area contributed by atoms with Crippen molar-refractivity contribution in [2.45, 2.75) is 59.0 Å². The Kier molecular flexibility index (Phi) is 6.61. The van der Waals surface area contributed by atoms with Crippen molar-refractivity contribution in [2.24, 2.45) is 5.92 Å². The summed E-state index contributed by atoms with van der Waals surface area (Å²) in [4.78, 5) is 2.64. The predicted molar refractivity (Wildman–Crippen MR) is 78.0 cm³/mol. The van der Waals surface area contributed by atoms with Crippen LogP contribution in [0.5, 0.6) is 0 Å². The molecule has 0 amide bonds. The first kappa shape index (κ1) is 15.9. The highest BCUT2D eigenvalue weighted by Gasteiger charge is 2.31. The van der Waals surface area contributed by atoms with Crippen LogP contribution in [0.2, 0.25) is 0 Å². The van der Waals surface area contributed by atoms with Crippen molar-refractivity contribution in [1.82, 2.24) is 10.2 Å². The minimum absolute atomic E-state index is 0.260. The zero-order chi connectivity index (χ0) is 13.6. The second-order valence-corrected chi connectivity index (χ2v) is 6.14. The normalized spacial score (nSPS) is 28.3. The van der Waals surface area contributed by atoms with E-state index in [1.165, 1.54) is 19.4 Å². The third kappa shape index (κ3) is 4.52. The van der Waals surface area contributed by atoms with Crippen LogP contribution in [0.4, 0.5) is 0 Å². The molecule has 2 atom stereocenters. The molecule has 0 saturated carbocycles. The monoisotopic (exact) mass is 256 g/mol. The Hall–Kier alpha value is -0.120. The first-order chi connectivity index (χ1) is 8.52. The van der Waals surface area contributed by atoms with Gasteiger partial charge in [0.2, 0.25) is 0 Å². The van der Waals surface area contributed by atoms with E-state index in [1.54, 1.807) is 0 Å². The van der Waals surface area contributed by atoms with E-state index < -0.39 is 0 Å². The van der Waals surface area contributed by atoms with Crippen LogP contribution in [0.25, 0.3) is 0 Å². The van der Waals surface area contributed by atoms with Crippen molar-refractivity contribution < 1.29 is 4.74 Å². The Labute approximate surface area is 113 Å². The van der Waals surface area contributed by atoms with Crippen LogP contribution in [0.1, 0.15) is 47.5 Å². The third-order valence-electron chi connectivity index (χ3n) is 4.24. The van der Waals surface area contributed by atoms with Crippen LogP contribution in [0.3, 0.4) is 0 Å². The highest BCUT2D eigenvalue weighted by Crippen LogP contribution is 2.20. The van der Waals surface area contributed by atoms with Gasteiger partial charge in [-0.1, -0.05) is 20.8 Å². The molecule has 1 N–H and O–H groups in total. The first-order valence-electron chi connectivity index (χ1n) is 7.59. The van der Waals surface area contributed by atoms with Crippen LogP contribution in [0, 0.1) is 5.92 Å². The second kappa shape index (κ2) is 7.46. The van der Waals surface area contributed by atoms with Gasteiger partial charge < -0.3 is 10.1 Å². The van der Waals surface area contributed by atoms with E-state index in [0.717, 1.165) is 26.3 Å². The number of nitrogens with zero attached hydrogens (tertiary/aromatic N) is 1. The summed E-state index contributed by atoms with van der Waals surface area (Å²) in [6.07, 6.45) is 2.42. The van der Waals surface area contributed by atoms with Crippen molar-refractivity contribution in [3.63, 3.8) is 0 Å². The largest absolute Gasteiger partial charge is 0.380 e. The SMILES string of the molecule is CCOCC(C(C)C)N1CCCNC(C)(CC)C1. The average Bonchev–Trinajstić information content (AvgIpc) is 2.52. The molecule has 1 aliphatic rings. The van der Waals surface area contributed by atoms with Gasteiger partial charge in [0.25, 0.3) is 0 Å². The Bertz CT molecular complexity index is 233. The maximum atomic E-state index is 5.69. The Morgan fingerprint density at radius 1 is 1.33 bits per heavy atom. The van der Waals surface area contributed by atoms with E-state index in [2.05, 4.69) is 44.8 Å². The van der Waals surface area contributed by atoms with E-state index in [9.17, 15) is 0 Å². The van der Waals surface area contributed by atoms with E-state index in [1.807, 2.05) is 0 Å². The summed E-state index contributed by atoms with van der Waals surface area (Å²) in [6.45, 7) is 16.5. The van der Waals surface area contributed by atoms with Crippen molar-refractivity contribution in [1.29, 1.82) is 0 Å². The lowest BCUT2D eigenvalue weighted by Crippen LogP contribution is -2.53. The molecule has 0 aromatic carbocycles. The summed E-state index contributed by atoms with van der Waals surface area (Å²) in [6, 6.07) is 0.552. The van der Waals surface area contributed by atoms with E-state index in [-0.39, 0.29) is 5.54 Å². The van der Waals surface area contributed by atoms with E-state index in [0.29, 0.717) is 12.0 Å². The zero-order valence-electron chi connectivity index (χ0n) is 13.0. The summed E-state index contributed by atoms with van der Waals surface area (Å²) >= 11 is 0. The molecular weight excluding hydrogens is 224 g/mol. The molecule has 0 radical (unpaired) electrons. The molecule has 108 valence electrons. The van der Waals surface area contributed by atoms with Gasteiger partial charge in [0.1, 0.15) is 0 Å². The van der Waals surface area contributed by atoms with E-state index >= 15 is 0 Å². The summed E-state index contributed by atoms with van der Waals surface area (Å²) < 4.78 is 5.69. The fourth-order valence-corrected chi connectivity index (χ4v) is 2.73. The van der Waals surface area contributed by atoms with Crippen LogP contribution in [-0.2, 0) is 4.74 Å². The van der Waals surface area contributed by atoms with E-state index in [4.69, 9.17) is 4.74 Å². The fourth-order valence-electron chi connectivity index (χ4n) is 2.73. The predicted octanol–water partition coefficient (Wildman–Crippen LogP) is 2.51. The molecule has 1 fully saturated rings. The molecule has 3 heteroatoms. The summed E-state index contributed by atoms with van der Waals surface area (Å²) in [7, 11) is 0. The molecule has 2 unspecified atom stereocenters. The average molecular weight is 256 g/mol. The molecule has 1 rings (SSSR count). The molecule has 1 heterocycles. The Balaban J connectivity index is 2.69.